The summed E-state index contributed by atoms with van der Waals surface area (Å²) >= 11 is 0. The van der Waals surface area contributed by atoms with Crippen molar-refractivity contribution in [1.29, 1.82) is 0 Å². The Morgan fingerprint density at radius 3 is 2.22 bits per heavy atom. The number of nitrogens with zero attached hydrogens (tertiary/aromatic N) is 3. The van der Waals surface area contributed by atoms with Gasteiger partial charge in [0.25, 0.3) is 0 Å². The number of Topliss-reactive ketones (excluding diaryl/α,β-unsaturated/α-hetero) is 1. The lowest BCUT2D eigenvalue weighted by atomic mass is 10.1. The van der Waals surface area contributed by atoms with Crippen molar-refractivity contribution in [2.75, 3.05) is 20.2 Å². The van der Waals surface area contributed by atoms with Gasteiger partial charge in [-0.15, -0.1) is 0 Å². The predicted octanol–water partition coefficient (Wildman–Crippen LogP) is 2.99. The number of ketones is 1. The Bertz CT molecular complexity index is 1050. The van der Waals surface area contributed by atoms with Gasteiger partial charge < -0.3 is 9.30 Å². The number of aryl methyl sites for hydroxylation is 2. The smallest absolute Gasteiger partial charge is 0.334 e. The Kier molecular flexibility index (Phi) is 6.81. The average molecular weight is 440 g/mol. The number of methoxy groups -OCH3 is 1. The molecule has 0 bridgehead atoms. The van der Waals surface area contributed by atoms with Crippen LogP contribution in [0.2, 0.25) is 0 Å². The van der Waals surface area contributed by atoms with Crippen molar-refractivity contribution in [1.82, 2.24) is 14.4 Å². The third kappa shape index (κ3) is 4.59. The highest BCUT2D eigenvalue weighted by atomic mass is 16.5. The Morgan fingerprint density at radius 1 is 1.00 bits per heavy atom. The van der Waals surface area contributed by atoms with Gasteiger partial charge in [0.15, 0.2) is 5.78 Å². The molecular formula is C24H29N3O5. The van der Waals surface area contributed by atoms with Crippen molar-refractivity contribution >= 4 is 23.6 Å². The Labute approximate surface area is 187 Å². The van der Waals surface area contributed by atoms with Crippen molar-refractivity contribution in [3.63, 3.8) is 0 Å². The van der Waals surface area contributed by atoms with E-state index in [1.165, 1.54) is 0 Å². The van der Waals surface area contributed by atoms with Crippen LogP contribution >= 0.6 is 0 Å². The van der Waals surface area contributed by atoms with E-state index in [0.29, 0.717) is 12.1 Å². The molecule has 1 aliphatic rings. The van der Waals surface area contributed by atoms with Gasteiger partial charge in [-0.1, -0.05) is 26.0 Å². The summed E-state index contributed by atoms with van der Waals surface area (Å²) in [5.41, 5.74) is 3.28. The SMILES string of the molecule is COc1ccc(CCn2c(C)cc(C(=O)CN3C(=O)C(=O)N(CC(C)C)C3=O)c2C)cc1. The number of hydrogen-bond acceptors (Lipinski definition) is 5. The average Bonchev–Trinajstić information content (AvgIpc) is 3.15. The van der Waals surface area contributed by atoms with Gasteiger partial charge in [-0.3, -0.25) is 19.3 Å². The Hall–Kier alpha value is -3.42. The van der Waals surface area contributed by atoms with E-state index in [4.69, 9.17) is 4.74 Å². The molecule has 8 heteroatoms. The third-order valence-corrected chi connectivity index (χ3v) is 5.64. The molecule has 4 amide bonds. The number of carbonyl (C=O) groups excluding carboxylic acids is 4. The molecule has 0 N–H and O–H groups in total. The fourth-order valence-electron chi connectivity index (χ4n) is 3.91. The molecule has 1 saturated heterocycles. The lowest BCUT2D eigenvalue weighted by Gasteiger charge is -2.16. The van der Waals surface area contributed by atoms with E-state index in [0.717, 1.165) is 38.9 Å². The quantitative estimate of drug-likeness (QED) is 0.340. The first-order chi connectivity index (χ1) is 15.1. The molecule has 32 heavy (non-hydrogen) atoms. The fraction of sp³-hybridized carbons (Fsp3) is 0.417. The van der Waals surface area contributed by atoms with Gasteiger partial charge >= 0.3 is 17.8 Å². The van der Waals surface area contributed by atoms with E-state index in [2.05, 4.69) is 0 Å². The van der Waals surface area contributed by atoms with Gasteiger partial charge in [-0.05, 0) is 49.9 Å². The van der Waals surface area contributed by atoms with Crippen LogP contribution in [0.25, 0.3) is 0 Å². The van der Waals surface area contributed by atoms with Gasteiger partial charge in [0.2, 0.25) is 0 Å². The topological polar surface area (TPSA) is 88.9 Å². The van der Waals surface area contributed by atoms with Crippen LogP contribution in [0.5, 0.6) is 5.75 Å². The zero-order chi connectivity index (χ0) is 23.6. The molecule has 1 aromatic heterocycles. The van der Waals surface area contributed by atoms with Gasteiger partial charge in [-0.2, -0.15) is 0 Å². The van der Waals surface area contributed by atoms with Crippen LogP contribution in [0.4, 0.5) is 4.79 Å². The highest BCUT2D eigenvalue weighted by Crippen LogP contribution is 2.20. The number of hydrogen-bond donors (Lipinski definition) is 0. The number of rotatable bonds is 9. The standard InChI is InChI=1S/C24H29N3O5/c1-15(2)13-26-22(29)23(30)27(24(26)31)14-21(28)20-12-16(3)25(17(20)4)11-10-18-6-8-19(32-5)9-7-18/h6-9,12,15H,10-11,13-14H2,1-5H3. The van der Waals surface area contributed by atoms with Crippen LogP contribution in [-0.4, -0.2) is 58.2 Å². The third-order valence-electron chi connectivity index (χ3n) is 5.64. The van der Waals surface area contributed by atoms with Gasteiger partial charge in [0.1, 0.15) is 5.75 Å². The molecule has 0 radical (unpaired) electrons. The molecule has 1 aliphatic heterocycles. The van der Waals surface area contributed by atoms with Crippen molar-refractivity contribution < 1.29 is 23.9 Å². The molecule has 1 fully saturated rings. The normalized spacial score (nSPS) is 14.1. The van der Waals surface area contributed by atoms with Crippen LogP contribution in [-0.2, 0) is 22.6 Å². The maximum Gasteiger partial charge on any atom is 0.334 e. The van der Waals surface area contributed by atoms with Crippen LogP contribution in [0.1, 0.15) is 41.2 Å². The zero-order valence-electron chi connectivity index (χ0n) is 19.2. The first-order valence-corrected chi connectivity index (χ1v) is 10.6. The second-order valence-electron chi connectivity index (χ2n) is 8.44. The first kappa shape index (κ1) is 23.2. The summed E-state index contributed by atoms with van der Waals surface area (Å²) < 4.78 is 7.23. The van der Waals surface area contributed by atoms with Gasteiger partial charge in [0.05, 0.1) is 13.7 Å². The van der Waals surface area contributed by atoms with E-state index in [9.17, 15) is 19.2 Å². The molecule has 2 aromatic rings. The van der Waals surface area contributed by atoms with E-state index in [1.54, 1.807) is 13.2 Å². The van der Waals surface area contributed by atoms with Crippen molar-refractivity contribution in [2.24, 2.45) is 5.92 Å². The molecule has 0 spiro atoms. The minimum absolute atomic E-state index is 0.0241. The largest absolute Gasteiger partial charge is 0.497 e. The van der Waals surface area contributed by atoms with Crippen LogP contribution in [0.15, 0.2) is 30.3 Å². The molecule has 170 valence electrons. The second-order valence-corrected chi connectivity index (χ2v) is 8.44. The molecule has 8 nitrogen and oxygen atoms in total. The Morgan fingerprint density at radius 2 is 1.62 bits per heavy atom. The summed E-state index contributed by atoms with van der Waals surface area (Å²) in [6, 6.07) is 8.87. The lowest BCUT2D eigenvalue weighted by Crippen LogP contribution is -2.38. The molecule has 3 rings (SSSR count). The fourth-order valence-corrected chi connectivity index (χ4v) is 3.91. The molecule has 0 unspecified atom stereocenters. The molecule has 2 heterocycles. The summed E-state index contributed by atoms with van der Waals surface area (Å²) in [6.07, 6.45) is 0.774. The maximum atomic E-state index is 13.0. The van der Waals surface area contributed by atoms with Gasteiger partial charge in [-0.25, -0.2) is 9.69 Å². The van der Waals surface area contributed by atoms with E-state index < -0.39 is 24.4 Å². The predicted molar refractivity (Wildman–Crippen MR) is 119 cm³/mol. The first-order valence-electron chi connectivity index (χ1n) is 10.6. The summed E-state index contributed by atoms with van der Waals surface area (Å²) in [5, 5.41) is 0. The van der Waals surface area contributed by atoms with Crippen LogP contribution < -0.4 is 4.74 Å². The number of urea groups is 1. The molecule has 1 aromatic carbocycles. The summed E-state index contributed by atoms with van der Waals surface area (Å²) in [5.74, 6) is -1.36. The minimum Gasteiger partial charge on any atom is -0.497 e. The number of ether oxygens (including phenoxy) is 1. The number of benzene rings is 1. The van der Waals surface area contributed by atoms with Crippen molar-refractivity contribution in [3.05, 3.63) is 52.8 Å². The molecule has 0 atom stereocenters. The van der Waals surface area contributed by atoms with Crippen LogP contribution in [0, 0.1) is 19.8 Å². The zero-order valence-corrected chi connectivity index (χ0v) is 19.2. The number of imide groups is 2. The highest BCUT2D eigenvalue weighted by Gasteiger charge is 2.45. The summed E-state index contributed by atoms with van der Waals surface area (Å²) in [6.45, 7) is 7.84. The highest BCUT2D eigenvalue weighted by molar-refractivity contribution is 6.45. The molecule has 0 saturated carbocycles. The second kappa shape index (κ2) is 9.38. The maximum absolute atomic E-state index is 13.0. The summed E-state index contributed by atoms with van der Waals surface area (Å²) in [4.78, 5) is 51.6. The van der Waals surface area contributed by atoms with E-state index >= 15 is 0 Å². The monoisotopic (exact) mass is 439 g/mol. The molecule has 0 aliphatic carbocycles. The van der Waals surface area contributed by atoms with Gasteiger partial charge in [0, 0.05) is 30.0 Å². The Balaban J connectivity index is 1.71. The van der Waals surface area contributed by atoms with Crippen LogP contribution in [0.3, 0.4) is 0 Å². The minimum atomic E-state index is -0.947. The van der Waals surface area contributed by atoms with Crippen molar-refractivity contribution in [3.8, 4) is 5.75 Å². The van der Waals surface area contributed by atoms with Crippen molar-refractivity contribution in [2.45, 2.75) is 40.7 Å². The van der Waals surface area contributed by atoms with E-state index in [-0.39, 0.29) is 18.2 Å². The number of aromatic nitrogens is 1. The number of amides is 4. The summed E-state index contributed by atoms with van der Waals surface area (Å²) in [7, 11) is 1.63. The number of carbonyl (C=O) groups is 4. The molecular weight excluding hydrogens is 410 g/mol. The lowest BCUT2D eigenvalue weighted by molar-refractivity contribution is -0.143. The van der Waals surface area contributed by atoms with E-state index in [1.807, 2.05) is 56.5 Å².